The Labute approximate surface area is 123 Å². The molecule has 0 aliphatic carbocycles. The number of imide groups is 1. The summed E-state index contributed by atoms with van der Waals surface area (Å²) >= 11 is 0. The van der Waals surface area contributed by atoms with E-state index in [1.165, 1.54) is 15.4 Å². The number of nitrogens with zero attached hydrogens (tertiary/aromatic N) is 2. The molecule has 0 unspecified atom stereocenters. The van der Waals surface area contributed by atoms with E-state index in [4.69, 9.17) is 0 Å². The van der Waals surface area contributed by atoms with Crippen molar-refractivity contribution in [1.29, 1.82) is 0 Å². The van der Waals surface area contributed by atoms with Gasteiger partial charge in [0.1, 0.15) is 6.54 Å². The Morgan fingerprint density at radius 1 is 0.905 bits per heavy atom. The largest absolute Gasteiger partial charge is 0.336 e. The minimum absolute atomic E-state index is 0.0817. The Bertz CT molecular complexity index is 665. The van der Waals surface area contributed by atoms with Crippen LogP contribution in [-0.2, 0) is 11.2 Å². The Balaban J connectivity index is 1.90. The third-order valence-corrected chi connectivity index (χ3v) is 3.64. The fourth-order valence-corrected chi connectivity index (χ4v) is 2.45. The lowest BCUT2D eigenvalue weighted by Crippen LogP contribution is -2.32. The smallest absolute Gasteiger partial charge is 0.284 e. The molecule has 4 heteroatoms. The van der Waals surface area contributed by atoms with Gasteiger partial charge < -0.3 is 0 Å². The monoisotopic (exact) mass is 280 g/mol. The van der Waals surface area contributed by atoms with Gasteiger partial charge in [-0.05, 0) is 36.2 Å². The van der Waals surface area contributed by atoms with Crippen molar-refractivity contribution in [1.82, 2.24) is 0 Å². The van der Waals surface area contributed by atoms with Crippen LogP contribution >= 0.6 is 0 Å². The number of hydrogen-bond acceptors (Lipinski definition) is 2. The Kier molecular flexibility index (Phi) is 3.44. The number of rotatable bonds is 3. The highest BCUT2D eigenvalue weighted by atomic mass is 16.2. The molecule has 3 amide bonds. The van der Waals surface area contributed by atoms with Crippen molar-refractivity contribution in [3.63, 3.8) is 0 Å². The summed E-state index contributed by atoms with van der Waals surface area (Å²) in [4.78, 5) is 27.4. The molecule has 0 N–H and O–H groups in total. The molecule has 1 aliphatic heterocycles. The third-order valence-electron chi connectivity index (χ3n) is 3.64. The first kappa shape index (κ1) is 13.4. The number of para-hydroxylation sites is 1. The number of urea groups is 1. The van der Waals surface area contributed by atoms with Gasteiger partial charge in [-0.1, -0.05) is 37.3 Å². The summed E-state index contributed by atoms with van der Waals surface area (Å²) in [6.45, 7) is 2.15. The van der Waals surface area contributed by atoms with Gasteiger partial charge in [-0.25, -0.2) is 9.69 Å². The van der Waals surface area contributed by atoms with E-state index in [1.807, 2.05) is 54.6 Å². The van der Waals surface area contributed by atoms with Crippen LogP contribution in [-0.4, -0.2) is 18.5 Å². The molecule has 4 nitrogen and oxygen atoms in total. The van der Waals surface area contributed by atoms with Crippen LogP contribution in [0, 0.1) is 0 Å². The first-order valence-electron chi connectivity index (χ1n) is 6.99. The summed E-state index contributed by atoms with van der Waals surface area (Å²) in [5.41, 5.74) is 2.54. The van der Waals surface area contributed by atoms with Crippen molar-refractivity contribution in [2.24, 2.45) is 0 Å². The topological polar surface area (TPSA) is 40.6 Å². The molecule has 106 valence electrons. The molecule has 21 heavy (non-hydrogen) atoms. The molecular weight excluding hydrogens is 264 g/mol. The second kappa shape index (κ2) is 5.40. The van der Waals surface area contributed by atoms with Crippen LogP contribution in [0.15, 0.2) is 54.6 Å². The molecule has 0 bridgehead atoms. The summed E-state index contributed by atoms with van der Waals surface area (Å²) < 4.78 is 0. The van der Waals surface area contributed by atoms with Gasteiger partial charge in [0.25, 0.3) is 5.91 Å². The van der Waals surface area contributed by atoms with Crippen LogP contribution in [0.1, 0.15) is 12.5 Å². The van der Waals surface area contributed by atoms with Crippen LogP contribution in [0.4, 0.5) is 16.2 Å². The lowest BCUT2D eigenvalue weighted by Gasteiger charge is -2.17. The van der Waals surface area contributed by atoms with E-state index >= 15 is 0 Å². The average molecular weight is 280 g/mol. The third kappa shape index (κ3) is 2.40. The molecular formula is C17H16N2O2. The van der Waals surface area contributed by atoms with E-state index in [-0.39, 0.29) is 18.5 Å². The number of benzene rings is 2. The van der Waals surface area contributed by atoms with Gasteiger partial charge in [0.15, 0.2) is 0 Å². The normalized spacial score (nSPS) is 14.9. The zero-order valence-corrected chi connectivity index (χ0v) is 11.8. The van der Waals surface area contributed by atoms with E-state index in [1.54, 1.807) is 0 Å². The highest BCUT2D eigenvalue weighted by molar-refractivity contribution is 6.26. The maximum absolute atomic E-state index is 12.5. The predicted molar refractivity (Wildman–Crippen MR) is 82.5 cm³/mol. The average Bonchev–Trinajstić information content (AvgIpc) is 2.83. The SMILES string of the molecule is CCc1ccc(N2C(=O)CN(c3ccccc3)C2=O)cc1. The maximum Gasteiger partial charge on any atom is 0.336 e. The van der Waals surface area contributed by atoms with Crippen molar-refractivity contribution < 1.29 is 9.59 Å². The molecule has 0 radical (unpaired) electrons. The minimum atomic E-state index is -0.296. The summed E-state index contributed by atoms with van der Waals surface area (Å²) in [6.07, 6.45) is 0.929. The highest BCUT2D eigenvalue weighted by Crippen LogP contribution is 2.26. The maximum atomic E-state index is 12.5. The number of amides is 3. The fraction of sp³-hybridized carbons (Fsp3) is 0.176. The molecule has 1 aliphatic rings. The molecule has 1 heterocycles. The lowest BCUT2D eigenvalue weighted by atomic mass is 10.1. The van der Waals surface area contributed by atoms with Gasteiger partial charge in [0.2, 0.25) is 0 Å². The molecule has 2 aromatic rings. The van der Waals surface area contributed by atoms with Crippen molar-refractivity contribution in [2.45, 2.75) is 13.3 Å². The van der Waals surface area contributed by atoms with E-state index in [2.05, 4.69) is 6.92 Å². The zero-order chi connectivity index (χ0) is 14.8. The second-order valence-electron chi connectivity index (χ2n) is 4.95. The number of hydrogen-bond donors (Lipinski definition) is 0. The molecule has 0 atom stereocenters. The van der Waals surface area contributed by atoms with Crippen LogP contribution in [0.2, 0.25) is 0 Å². The molecule has 2 aromatic carbocycles. The molecule has 0 spiro atoms. The van der Waals surface area contributed by atoms with Gasteiger partial charge in [0, 0.05) is 5.69 Å². The number of carbonyl (C=O) groups is 2. The summed E-state index contributed by atoms with van der Waals surface area (Å²) in [5, 5.41) is 0. The molecule has 0 saturated carbocycles. The molecule has 1 saturated heterocycles. The van der Waals surface area contributed by atoms with Crippen molar-refractivity contribution in [3.8, 4) is 0 Å². The van der Waals surface area contributed by atoms with Gasteiger partial charge in [-0.3, -0.25) is 9.69 Å². The Hall–Kier alpha value is -2.62. The first-order valence-corrected chi connectivity index (χ1v) is 6.99. The van der Waals surface area contributed by atoms with Gasteiger partial charge in [0.05, 0.1) is 5.69 Å². The number of aryl methyl sites for hydroxylation is 1. The van der Waals surface area contributed by atoms with Gasteiger partial charge in [-0.2, -0.15) is 0 Å². The Morgan fingerprint density at radius 3 is 2.19 bits per heavy atom. The van der Waals surface area contributed by atoms with E-state index < -0.39 is 0 Å². The second-order valence-corrected chi connectivity index (χ2v) is 4.95. The number of carbonyl (C=O) groups excluding carboxylic acids is 2. The van der Waals surface area contributed by atoms with Crippen LogP contribution in [0.25, 0.3) is 0 Å². The van der Waals surface area contributed by atoms with Crippen LogP contribution in [0.3, 0.4) is 0 Å². The molecule has 1 fully saturated rings. The van der Waals surface area contributed by atoms with Gasteiger partial charge in [-0.15, -0.1) is 0 Å². The zero-order valence-electron chi connectivity index (χ0n) is 11.8. The quantitative estimate of drug-likeness (QED) is 0.810. The summed E-state index contributed by atoms with van der Waals surface area (Å²) in [6, 6.07) is 16.5. The fourth-order valence-electron chi connectivity index (χ4n) is 2.45. The standard InChI is InChI=1S/C17H16N2O2/c1-2-13-8-10-15(11-9-13)19-16(20)12-18(17(19)21)14-6-4-3-5-7-14/h3-11H,2,12H2,1H3. The van der Waals surface area contributed by atoms with E-state index in [0.717, 1.165) is 12.1 Å². The van der Waals surface area contributed by atoms with E-state index in [0.29, 0.717) is 5.69 Å². The van der Waals surface area contributed by atoms with Crippen LogP contribution < -0.4 is 9.80 Å². The van der Waals surface area contributed by atoms with Crippen molar-refractivity contribution in [3.05, 3.63) is 60.2 Å². The van der Waals surface area contributed by atoms with E-state index in [9.17, 15) is 9.59 Å². The van der Waals surface area contributed by atoms with Crippen molar-refractivity contribution in [2.75, 3.05) is 16.3 Å². The number of anilines is 2. The highest BCUT2D eigenvalue weighted by Gasteiger charge is 2.37. The lowest BCUT2D eigenvalue weighted by molar-refractivity contribution is -0.115. The van der Waals surface area contributed by atoms with Gasteiger partial charge >= 0.3 is 6.03 Å². The molecule has 3 rings (SSSR count). The predicted octanol–water partition coefficient (Wildman–Crippen LogP) is 3.22. The van der Waals surface area contributed by atoms with Crippen LogP contribution in [0.5, 0.6) is 0 Å². The molecule has 0 aromatic heterocycles. The summed E-state index contributed by atoms with van der Waals surface area (Å²) in [5.74, 6) is -0.201. The first-order chi connectivity index (χ1) is 10.2. The Morgan fingerprint density at radius 2 is 1.57 bits per heavy atom. The minimum Gasteiger partial charge on any atom is -0.284 e. The summed E-state index contributed by atoms with van der Waals surface area (Å²) in [7, 11) is 0. The van der Waals surface area contributed by atoms with Crippen molar-refractivity contribution >= 4 is 23.3 Å².